The van der Waals surface area contributed by atoms with E-state index in [1.54, 1.807) is 30.3 Å². The molecule has 0 saturated carbocycles. The van der Waals surface area contributed by atoms with E-state index in [0.29, 0.717) is 38.5 Å². The molecule has 0 fully saturated rings. The van der Waals surface area contributed by atoms with Gasteiger partial charge in [0.05, 0.1) is 34.8 Å². The molecule has 6 nitrogen and oxygen atoms in total. The second kappa shape index (κ2) is 10.3. The van der Waals surface area contributed by atoms with Crippen LogP contribution in [0.25, 0.3) is 0 Å². The summed E-state index contributed by atoms with van der Waals surface area (Å²) in [4.78, 5) is -0.0193. The van der Waals surface area contributed by atoms with Gasteiger partial charge in [-0.2, -0.15) is 9.82 Å². The molecule has 1 aliphatic rings. The van der Waals surface area contributed by atoms with Crippen molar-refractivity contribution in [3.05, 3.63) is 91.9 Å². The first-order valence-corrected chi connectivity index (χ1v) is 13.1. The molecule has 11 heteroatoms. The van der Waals surface area contributed by atoms with Crippen molar-refractivity contribution < 1.29 is 13.2 Å². The molecule has 0 radical (unpaired) electrons. The Balaban J connectivity index is 1.68. The molecule has 0 aromatic heterocycles. The van der Waals surface area contributed by atoms with Crippen molar-refractivity contribution in [2.24, 2.45) is 5.10 Å². The molecule has 34 heavy (non-hydrogen) atoms. The van der Waals surface area contributed by atoms with E-state index in [0.717, 1.165) is 5.56 Å². The van der Waals surface area contributed by atoms with Crippen molar-refractivity contribution in [1.29, 1.82) is 0 Å². The van der Waals surface area contributed by atoms with E-state index in [2.05, 4.69) is 15.2 Å². The van der Waals surface area contributed by atoms with Crippen LogP contribution in [0.1, 0.15) is 29.6 Å². The van der Waals surface area contributed by atoms with Gasteiger partial charge in [0, 0.05) is 21.5 Å². The Morgan fingerprint density at radius 3 is 2.32 bits per heavy atom. The third kappa shape index (κ3) is 5.46. The van der Waals surface area contributed by atoms with E-state index < -0.39 is 16.1 Å². The van der Waals surface area contributed by atoms with Crippen molar-refractivity contribution in [3.63, 3.8) is 0 Å². The lowest BCUT2D eigenvalue weighted by Gasteiger charge is -2.21. The third-order valence-electron chi connectivity index (χ3n) is 5.36. The minimum absolute atomic E-state index is 0.0193. The minimum Gasteiger partial charge on any atom is -0.495 e. The van der Waals surface area contributed by atoms with E-state index in [4.69, 9.17) is 51.1 Å². The molecule has 4 rings (SSSR count). The summed E-state index contributed by atoms with van der Waals surface area (Å²) in [6, 6.07) is 15.5. The molecule has 2 N–H and O–H groups in total. The van der Waals surface area contributed by atoms with Gasteiger partial charge in [-0.05, 0) is 53.6 Å². The van der Waals surface area contributed by atoms with Crippen LogP contribution in [0.4, 0.5) is 0 Å². The van der Waals surface area contributed by atoms with Crippen molar-refractivity contribution in [2.75, 3.05) is 7.11 Å². The number of ether oxygens (including phenoxy) is 1. The lowest BCUT2D eigenvalue weighted by atomic mass is 9.96. The average Bonchev–Trinajstić information content (AvgIpc) is 3.28. The van der Waals surface area contributed by atoms with E-state index in [1.165, 1.54) is 25.3 Å². The average molecular weight is 559 g/mol. The van der Waals surface area contributed by atoms with Gasteiger partial charge >= 0.3 is 0 Å². The second-order valence-electron chi connectivity index (χ2n) is 7.56. The highest BCUT2D eigenvalue weighted by Gasteiger charge is 2.32. The van der Waals surface area contributed by atoms with Crippen molar-refractivity contribution in [1.82, 2.24) is 10.1 Å². The van der Waals surface area contributed by atoms with Crippen LogP contribution in [0, 0.1) is 0 Å². The number of halogens is 4. The summed E-state index contributed by atoms with van der Waals surface area (Å²) in [6.45, 7) is 0. The van der Waals surface area contributed by atoms with E-state index in [1.807, 2.05) is 12.1 Å². The number of hydrogen-bond acceptors (Lipinski definition) is 5. The summed E-state index contributed by atoms with van der Waals surface area (Å²) in [5.74, 6) is 0.369. The number of methoxy groups -OCH3 is 1. The normalized spacial score (nSPS) is 16.6. The highest BCUT2D eigenvalue weighted by atomic mass is 35.5. The van der Waals surface area contributed by atoms with Crippen LogP contribution in [0.5, 0.6) is 5.75 Å². The maximum atomic E-state index is 13.3. The molecule has 0 aliphatic carbocycles. The van der Waals surface area contributed by atoms with Crippen molar-refractivity contribution in [2.45, 2.75) is 23.4 Å². The van der Waals surface area contributed by atoms with E-state index in [9.17, 15) is 8.42 Å². The molecule has 3 aromatic rings. The summed E-state index contributed by atoms with van der Waals surface area (Å²) >= 11 is 24.7. The molecule has 3 aromatic carbocycles. The summed E-state index contributed by atoms with van der Waals surface area (Å²) in [5, 5.41) is 5.99. The molecular weight excluding hydrogens is 540 g/mol. The van der Waals surface area contributed by atoms with Gasteiger partial charge < -0.3 is 10.2 Å². The zero-order valence-electron chi connectivity index (χ0n) is 17.7. The molecule has 2 unspecified atom stereocenters. The fourth-order valence-electron chi connectivity index (χ4n) is 3.62. The van der Waals surface area contributed by atoms with E-state index >= 15 is 0 Å². The zero-order valence-corrected chi connectivity index (χ0v) is 21.6. The minimum atomic E-state index is -4.01. The Morgan fingerprint density at radius 1 is 0.971 bits per heavy atom. The topological polar surface area (TPSA) is 79.8 Å². The lowest BCUT2D eigenvalue weighted by molar-refractivity contribution is 0.414. The van der Waals surface area contributed by atoms with Crippen molar-refractivity contribution >= 4 is 62.1 Å². The Morgan fingerprint density at radius 2 is 1.68 bits per heavy atom. The Kier molecular flexibility index (Phi) is 7.62. The van der Waals surface area contributed by atoms with Crippen molar-refractivity contribution in [3.8, 4) is 5.75 Å². The molecule has 0 spiro atoms. The van der Waals surface area contributed by atoms with Gasteiger partial charge in [0.15, 0.2) is 0 Å². The van der Waals surface area contributed by atoms with Gasteiger partial charge in [0.1, 0.15) is 5.75 Å². The molecule has 0 bridgehead atoms. The molecular formula is C23H19Cl4N3O3S. The van der Waals surface area contributed by atoms with Gasteiger partial charge in [-0.3, -0.25) is 0 Å². The fourth-order valence-corrected chi connectivity index (χ4v) is 5.81. The maximum Gasteiger partial charge on any atom is 0.241 e. The SMILES string of the molecule is COc1ccc(S(=O)(=O)NC(C2=NNC(c3ccc(Cl)cc3)C2)c2ccc(Cl)cc2Cl)cc1Cl. The van der Waals surface area contributed by atoms with Crippen LogP contribution in [-0.4, -0.2) is 21.2 Å². The number of nitrogens with zero attached hydrogens (tertiary/aromatic N) is 1. The van der Waals surface area contributed by atoms with Gasteiger partial charge in [-0.1, -0.05) is 64.6 Å². The van der Waals surface area contributed by atoms with Crippen LogP contribution in [-0.2, 0) is 10.0 Å². The van der Waals surface area contributed by atoms with Gasteiger partial charge in [-0.15, -0.1) is 0 Å². The predicted octanol–water partition coefficient (Wildman–Crippen LogP) is 6.42. The third-order valence-corrected chi connectivity index (χ3v) is 7.89. The first-order chi connectivity index (χ1) is 16.2. The largest absolute Gasteiger partial charge is 0.495 e. The van der Waals surface area contributed by atoms with Gasteiger partial charge in [-0.25, -0.2) is 8.42 Å². The number of nitrogens with one attached hydrogen (secondary N) is 2. The smallest absolute Gasteiger partial charge is 0.241 e. The molecule has 2 atom stereocenters. The van der Waals surface area contributed by atoms with E-state index in [-0.39, 0.29) is 16.0 Å². The van der Waals surface area contributed by atoms with Gasteiger partial charge in [0.2, 0.25) is 10.0 Å². The highest BCUT2D eigenvalue weighted by molar-refractivity contribution is 7.89. The van der Waals surface area contributed by atoms with Gasteiger partial charge in [0.25, 0.3) is 0 Å². The monoisotopic (exact) mass is 557 g/mol. The number of hydrazone groups is 1. The number of rotatable bonds is 7. The quantitative estimate of drug-likeness (QED) is 0.350. The second-order valence-corrected chi connectivity index (χ2v) is 11.0. The summed E-state index contributed by atoms with van der Waals surface area (Å²) < 4.78 is 34.5. The highest BCUT2D eigenvalue weighted by Crippen LogP contribution is 2.34. The number of sulfonamides is 1. The molecule has 1 aliphatic heterocycles. The predicted molar refractivity (Wildman–Crippen MR) is 137 cm³/mol. The van der Waals surface area contributed by atoms with Crippen LogP contribution >= 0.6 is 46.4 Å². The standard InChI is InChI=1S/C23H19Cl4N3O3S/c1-33-22-9-7-16(11-19(22)27)34(31,32)30-23(17-8-6-15(25)10-18(17)26)21-12-20(28-29-21)13-2-4-14(24)5-3-13/h2-11,20,23,28,30H,12H2,1H3. The van der Waals surface area contributed by atoms with Crippen LogP contribution in [0.15, 0.2) is 70.7 Å². The Labute approximate surface area is 217 Å². The zero-order chi connectivity index (χ0) is 24.5. The molecule has 178 valence electrons. The van der Waals surface area contributed by atoms with Crippen LogP contribution < -0.4 is 14.9 Å². The fraction of sp³-hybridized carbons (Fsp3) is 0.174. The summed E-state index contributed by atoms with van der Waals surface area (Å²) in [7, 11) is -2.56. The lowest BCUT2D eigenvalue weighted by Crippen LogP contribution is -2.33. The molecule has 0 saturated heterocycles. The number of benzene rings is 3. The first-order valence-electron chi connectivity index (χ1n) is 10.1. The number of hydrogen-bond donors (Lipinski definition) is 2. The molecule has 0 amide bonds. The maximum absolute atomic E-state index is 13.3. The van der Waals surface area contributed by atoms with Crippen LogP contribution in [0.2, 0.25) is 20.1 Å². The summed E-state index contributed by atoms with van der Waals surface area (Å²) in [6.07, 6.45) is 0.442. The molecule has 1 heterocycles. The Bertz CT molecular complexity index is 1350. The first kappa shape index (κ1) is 25.1. The summed E-state index contributed by atoms with van der Waals surface area (Å²) in [5.41, 5.74) is 5.13. The Hall–Kier alpha value is -2.00. The van der Waals surface area contributed by atoms with Crippen LogP contribution in [0.3, 0.4) is 0 Å².